The monoisotopic (exact) mass is 267 g/mol. The molecule has 0 unspecified atom stereocenters. The van der Waals surface area contributed by atoms with Crippen LogP contribution < -0.4 is 16.4 Å². The Morgan fingerprint density at radius 2 is 1.10 bits per heavy atom. The summed E-state index contributed by atoms with van der Waals surface area (Å²) in [6.45, 7) is 0.0863. The Labute approximate surface area is 125 Å². The van der Waals surface area contributed by atoms with Crippen LogP contribution >= 0.6 is 0 Å². The van der Waals surface area contributed by atoms with Crippen LogP contribution in [0.2, 0.25) is 0 Å². The standard InChI is InChI=1S/C19H14BN/c21-15-16-9-7-8-14-19(16)20(17-10-3-1-4-11-17)18-12-5-2-6-13-18/h1-14H. The molecule has 0 atom stereocenters. The van der Waals surface area contributed by atoms with Gasteiger partial charge in [0.25, 0.3) is 0 Å². The number of hydrogen-bond donors (Lipinski definition) is 0. The molecule has 0 saturated heterocycles. The average Bonchev–Trinajstić information content (AvgIpc) is 2.58. The maximum Gasteiger partial charge on any atom is 0.242 e. The van der Waals surface area contributed by atoms with Crippen LogP contribution in [0.15, 0.2) is 84.9 Å². The molecule has 21 heavy (non-hydrogen) atoms. The topological polar surface area (TPSA) is 23.8 Å². The van der Waals surface area contributed by atoms with Gasteiger partial charge in [-0.3, -0.25) is 0 Å². The lowest BCUT2D eigenvalue weighted by Crippen LogP contribution is -2.52. The Morgan fingerprint density at radius 3 is 1.62 bits per heavy atom. The fraction of sp³-hybridized carbons (Fsp3) is 0. The zero-order valence-electron chi connectivity index (χ0n) is 11.6. The SMILES string of the molecule is N#Cc1ccccc1B(c1ccccc1)c1ccccc1. The zero-order valence-corrected chi connectivity index (χ0v) is 11.6. The van der Waals surface area contributed by atoms with Gasteiger partial charge in [0.05, 0.1) is 6.07 Å². The lowest BCUT2D eigenvalue weighted by atomic mass is 9.36. The summed E-state index contributed by atoms with van der Waals surface area (Å²) < 4.78 is 0. The molecular weight excluding hydrogens is 253 g/mol. The third-order valence-corrected chi connectivity index (χ3v) is 3.66. The van der Waals surface area contributed by atoms with Crippen LogP contribution in [0, 0.1) is 11.3 Å². The first-order valence-corrected chi connectivity index (χ1v) is 6.99. The summed E-state index contributed by atoms with van der Waals surface area (Å²) >= 11 is 0. The molecule has 3 aromatic carbocycles. The highest BCUT2D eigenvalue weighted by molar-refractivity contribution is 6.95. The highest BCUT2D eigenvalue weighted by atomic mass is 14.2. The fourth-order valence-electron chi connectivity index (χ4n) is 2.69. The molecule has 3 aromatic rings. The number of nitrogens with zero attached hydrogens (tertiary/aromatic N) is 1. The molecule has 0 radical (unpaired) electrons. The Balaban J connectivity index is 2.21. The second kappa shape index (κ2) is 6.11. The lowest BCUT2D eigenvalue weighted by molar-refractivity contribution is 1.50. The van der Waals surface area contributed by atoms with Gasteiger partial charge in [-0.2, -0.15) is 5.26 Å². The maximum atomic E-state index is 9.41. The Bertz CT molecular complexity index is 721. The van der Waals surface area contributed by atoms with Crippen molar-refractivity contribution in [2.24, 2.45) is 0 Å². The molecule has 98 valence electrons. The predicted molar refractivity (Wildman–Crippen MR) is 88.7 cm³/mol. The highest BCUT2D eigenvalue weighted by Gasteiger charge is 2.23. The minimum Gasteiger partial charge on any atom is -0.192 e. The summed E-state index contributed by atoms with van der Waals surface area (Å²) in [5, 5.41) is 9.41. The van der Waals surface area contributed by atoms with Crippen LogP contribution in [0.25, 0.3) is 0 Å². The second-order valence-electron chi connectivity index (χ2n) is 4.95. The zero-order chi connectivity index (χ0) is 14.5. The third kappa shape index (κ3) is 2.73. The number of nitriles is 1. The molecule has 1 nitrogen and oxygen atoms in total. The van der Waals surface area contributed by atoms with E-state index in [4.69, 9.17) is 0 Å². The van der Waals surface area contributed by atoms with Gasteiger partial charge in [-0.25, -0.2) is 0 Å². The van der Waals surface area contributed by atoms with Gasteiger partial charge in [-0.15, -0.1) is 0 Å². The molecule has 0 N–H and O–H groups in total. The van der Waals surface area contributed by atoms with E-state index in [2.05, 4.69) is 30.3 Å². The second-order valence-corrected chi connectivity index (χ2v) is 4.95. The molecule has 0 fully saturated rings. The molecule has 0 aliphatic heterocycles. The van der Waals surface area contributed by atoms with E-state index in [1.165, 1.54) is 10.9 Å². The summed E-state index contributed by atoms with van der Waals surface area (Å²) in [4.78, 5) is 0. The molecule has 0 spiro atoms. The number of hydrogen-bond acceptors (Lipinski definition) is 1. The van der Waals surface area contributed by atoms with Gasteiger partial charge in [0.2, 0.25) is 6.71 Å². The van der Waals surface area contributed by atoms with Crippen molar-refractivity contribution < 1.29 is 0 Å². The lowest BCUT2D eigenvalue weighted by Gasteiger charge is -2.16. The van der Waals surface area contributed by atoms with Gasteiger partial charge in [-0.05, 0) is 6.07 Å². The van der Waals surface area contributed by atoms with Crippen LogP contribution in [0.4, 0.5) is 0 Å². The molecular formula is C19H14BN. The van der Waals surface area contributed by atoms with E-state index in [1.807, 2.05) is 60.7 Å². The van der Waals surface area contributed by atoms with Crippen LogP contribution in [0.3, 0.4) is 0 Å². The van der Waals surface area contributed by atoms with Crippen LogP contribution in [-0.2, 0) is 0 Å². The molecule has 0 aromatic heterocycles. The van der Waals surface area contributed by atoms with Crippen molar-refractivity contribution in [2.45, 2.75) is 0 Å². The fourth-order valence-corrected chi connectivity index (χ4v) is 2.69. The van der Waals surface area contributed by atoms with Crippen molar-refractivity contribution in [1.29, 1.82) is 5.26 Å². The van der Waals surface area contributed by atoms with Gasteiger partial charge in [-0.1, -0.05) is 95.3 Å². The quantitative estimate of drug-likeness (QED) is 0.666. The van der Waals surface area contributed by atoms with E-state index in [-0.39, 0.29) is 6.71 Å². The van der Waals surface area contributed by atoms with Crippen molar-refractivity contribution in [1.82, 2.24) is 0 Å². The first-order chi connectivity index (χ1) is 10.4. The highest BCUT2D eigenvalue weighted by Crippen LogP contribution is 2.00. The average molecular weight is 267 g/mol. The van der Waals surface area contributed by atoms with Crippen LogP contribution in [0.5, 0.6) is 0 Å². The molecule has 0 aliphatic carbocycles. The van der Waals surface area contributed by atoms with Gasteiger partial charge < -0.3 is 0 Å². The van der Waals surface area contributed by atoms with E-state index < -0.39 is 0 Å². The van der Waals surface area contributed by atoms with E-state index in [9.17, 15) is 5.26 Å². The molecule has 0 heterocycles. The van der Waals surface area contributed by atoms with Crippen molar-refractivity contribution in [2.75, 3.05) is 0 Å². The first-order valence-electron chi connectivity index (χ1n) is 6.99. The smallest absolute Gasteiger partial charge is 0.192 e. The van der Waals surface area contributed by atoms with Crippen LogP contribution in [-0.4, -0.2) is 6.71 Å². The summed E-state index contributed by atoms with van der Waals surface area (Å²) in [5.41, 5.74) is 4.19. The minimum atomic E-state index is 0.0863. The molecule has 0 aliphatic rings. The van der Waals surface area contributed by atoms with Crippen LogP contribution in [0.1, 0.15) is 5.56 Å². The van der Waals surface area contributed by atoms with E-state index >= 15 is 0 Å². The minimum absolute atomic E-state index is 0.0863. The molecule has 3 rings (SSSR count). The maximum absolute atomic E-state index is 9.41. The summed E-state index contributed by atoms with van der Waals surface area (Å²) in [6, 6.07) is 30.8. The Morgan fingerprint density at radius 1 is 0.619 bits per heavy atom. The summed E-state index contributed by atoms with van der Waals surface area (Å²) in [5.74, 6) is 0. The van der Waals surface area contributed by atoms with E-state index in [0.717, 1.165) is 11.0 Å². The molecule has 0 amide bonds. The number of benzene rings is 3. The Kier molecular flexibility index (Phi) is 3.84. The van der Waals surface area contributed by atoms with E-state index in [1.54, 1.807) is 0 Å². The summed E-state index contributed by atoms with van der Waals surface area (Å²) in [6.07, 6.45) is 0. The third-order valence-electron chi connectivity index (χ3n) is 3.66. The Hall–Kier alpha value is -2.79. The van der Waals surface area contributed by atoms with Gasteiger partial charge >= 0.3 is 0 Å². The van der Waals surface area contributed by atoms with Gasteiger partial charge in [0.1, 0.15) is 0 Å². The largest absolute Gasteiger partial charge is 0.242 e. The normalized spacial score (nSPS) is 9.86. The first kappa shape index (κ1) is 13.2. The number of rotatable bonds is 3. The van der Waals surface area contributed by atoms with Crippen molar-refractivity contribution in [3.8, 4) is 6.07 Å². The van der Waals surface area contributed by atoms with E-state index in [0.29, 0.717) is 0 Å². The van der Waals surface area contributed by atoms with Crippen molar-refractivity contribution in [3.05, 3.63) is 90.5 Å². The van der Waals surface area contributed by atoms with Crippen molar-refractivity contribution in [3.63, 3.8) is 0 Å². The molecule has 0 saturated carbocycles. The van der Waals surface area contributed by atoms with Crippen molar-refractivity contribution >= 4 is 23.1 Å². The molecule has 2 heteroatoms. The summed E-state index contributed by atoms with van der Waals surface area (Å²) in [7, 11) is 0. The predicted octanol–water partition coefficient (Wildman–Crippen LogP) is 2.07. The molecule has 0 bridgehead atoms. The van der Waals surface area contributed by atoms with Gasteiger partial charge in [0, 0.05) is 5.56 Å². The van der Waals surface area contributed by atoms with Gasteiger partial charge in [0.15, 0.2) is 0 Å².